The van der Waals surface area contributed by atoms with Crippen molar-refractivity contribution < 1.29 is 0 Å². The first kappa shape index (κ1) is 27.0. The van der Waals surface area contributed by atoms with Crippen molar-refractivity contribution in [2.75, 3.05) is 7.05 Å². The van der Waals surface area contributed by atoms with Gasteiger partial charge in [-0.05, 0) is 84.2 Å². The van der Waals surface area contributed by atoms with E-state index in [1.54, 1.807) is 6.08 Å². The largest absolute Gasteiger partial charge is 0.474 e. The number of para-hydroxylation sites is 1. The molecular weight excluding hydrogens is 451 g/mol. The van der Waals surface area contributed by atoms with Gasteiger partial charge >= 0.3 is 15.4 Å². The molecule has 36 heavy (non-hydrogen) atoms. The Morgan fingerprint density at radius 1 is 0.861 bits per heavy atom. The number of nitrogens with zero attached hydrogens (tertiary/aromatic N) is 2. The molecule has 4 aromatic rings. The lowest BCUT2D eigenvalue weighted by molar-refractivity contribution is 0.739. The van der Waals surface area contributed by atoms with Crippen LogP contribution in [-0.4, -0.2) is 31.4 Å². The molecule has 0 amide bonds. The van der Waals surface area contributed by atoms with E-state index in [4.69, 9.17) is 0 Å². The molecule has 179 valence electrons. The second-order valence-electron chi connectivity index (χ2n) is 8.75. The summed E-state index contributed by atoms with van der Waals surface area (Å²) in [6, 6.07) is 23.1. The number of hydrogen-bond acceptors (Lipinski definition) is 2. The maximum atomic E-state index is 4.54. The number of fused-ring (bicyclic) bond motifs is 1. The number of rotatable bonds is 6. The number of aryl methyl sites for hydroxylation is 2. The van der Waals surface area contributed by atoms with Crippen LogP contribution in [-0.2, 0) is 0 Å². The minimum Gasteiger partial charge on any atom is -0.474 e. The van der Waals surface area contributed by atoms with Crippen LogP contribution < -0.4 is 14.9 Å². The van der Waals surface area contributed by atoms with E-state index >= 15 is 0 Å². The van der Waals surface area contributed by atoms with Gasteiger partial charge in [0.2, 0.25) is 0 Å². The smallest absolute Gasteiger partial charge is 0.418 e. The zero-order valence-electron chi connectivity index (χ0n) is 21.8. The average Bonchev–Trinajstić information content (AvgIpc) is 2.88. The molecule has 2 nitrogen and oxygen atoms in total. The minimum absolute atomic E-state index is 0.0176. The molecule has 0 saturated heterocycles. The summed E-state index contributed by atoms with van der Waals surface area (Å²) in [5.41, 5.74) is 6.28. The van der Waals surface area contributed by atoms with E-state index in [9.17, 15) is 0 Å². The predicted octanol–water partition coefficient (Wildman–Crippen LogP) is 5.63. The predicted molar refractivity (Wildman–Crippen MR) is 160 cm³/mol. The van der Waals surface area contributed by atoms with Gasteiger partial charge in [0.15, 0.2) is 0 Å². The average molecular weight is 486 g/mol. The second kappa shape index (κ2) is 13.5. The summed E-state index contributed by atoms with van der Waals surface area (Å²) in [5.74, 6) is 0. The van der Waals surface area contributed by atoms with Crippen LogP contribution in [0.25, 0.3) is 29.6 Å². The summed E-state index contributed by atoms with van der Waals surface area (Å²) >= 11 is -0.0176. The van der Waals surface area contributed by atoms with Gasteiger partial charge in [-0.2, -0.15) is 0 Å². The lowest BCUT2D eigenvalue weighted by atomic mass is 10.0. The van der Waals surface area contributed by atoms with Crippen molar-refractivity contribution in [3.8, 4) is 0 Å². The van der Waals surface area contributed by atoms with Gasteiger partial charge in [0.05, 0.1) is 5.52 Å². The third-order valence-corrected chi connectivity index (χ3v) is 7.43. The van der Waals surface area contributed by atoms with Crippen molar-refractivity contribution in [2.45, 2.75) is 20.8 Å². The molecule has 3 heteroatoms. The molecule has 1 aromatic heterocycles. The van der Waals surface area contributed by atoms with Crippen LogP contribution in [0.15, 0.2) is 104 Å². The van der Waals surface area contributed by atoms with Gasteiger partial charge in [-0.3, -0.25) is 4.98 Å². The Labute approximate surface area is 222 Å². The molecule has 0 aliphatic heterocycles. The Morgan fingerprint density at radius 3 is 2.39 bits per heavy atom. The summed E-state index contributed by atoms with van der Waals surface area (Å²) in [5, 5.41) is 3.46. The van der Waals surface area contributed by atoms with Crippen LogP contribution in [0.2, 0.25) is 0 Å². The maximum Gasteiger partial charge on any atom is 0.418 e. The first-order valence-electron chi connectivity index (χ1n) is 12.1. The van der Waals surface area contributed by atoms with E-state index in [1.165, 1.54) is 37.3 Å². The van der Waals surface area contributed by atoms with E-state index in [0.717, 1.165) is 10.7 Å². The Bertz CT molecular complexity index is 1490. The molecule has 4 rings (SSSR count). The van der Waals surface area contributed by atoms with Crippen molar-refractivity contribution in [2.24, 2.45) is 0 Å². The van der Waals surface area contributed by atoms with Gasteiger partial charge in [-0.25, -0.2) is 0 Å². The van der Waals surface area contributed by atoms with Gasteiger partial charge in [0.1, 0.15) is 0 Å². The summed E-state index contributed by atoms with van der Waals surface area (Å²) in [7, 11) is 2.11. The summed E-state index contributed by atoms with van der Waals surface area (Å²) in [6.45, 7) is 14.1. The fraction of sp³-hybridized carbons (Fsp3) is 0.121. The first-order chi connectivity index (χ1) is 17.4. The van der Waals surface area contributed by atoms with E-state index in [-0.39, 0.29) is 15.4 Å². The lowest BCUT2D eigenvalue weighted by Gasteiger charge is -2.13. The molecule has 0 spiro atoms. The first-order valence-corrected chi connectivity index (χ1v) is 13.2. The summed E-state index contributed by atoms with van der Waals surface area (Å²) < 4.78 is 3.56. The van der Waals surface area contributed by atoms with E-state index < -0.39 is 0 Å². The molecule has 0 atom stereocenters. The Morgan fingerprint density at radius 2 is 1.58 bits per heavy atom. The monoisotopic (exact) mass is 485 g/mol. The minimum atomic E-state index is -0.0176. The molecule has 0 saturated carbocycles. The summed E-state index contributed by atoms with van der Waals surface area (Å²) in [4.78, 5) is 4.54. The fourth-order valence-corrected chi connectivity index (χ4v) is 4.97. The second-order valence-corrected chi connectivity index (χ2v) is 10.4. The summed E-state index contributed by atoms with van der Waals surface area (Å²) in [6.07, 6.45) is 14.0. The van der Waals surface area contributed by atoms with Crippen molar-refractivity contribution in [1.82, 2.24) is 8.87 Å². The molecule has 0 aliphatic carbocycles. The molecule has 0 fully saturated rings. The molecule has 1 heterocycles. The van der Waals surface area contributed by atoms with Gasteiger partial charge in [0, 0.05) is 6.20 Å². The highest BCUT2D eigenvalue weighted by atomic mass is 27.1. The molecule has 0 N–H and O–H groups in total. The van der Waals surface area contributed by atoms with Gasteiger partial charge < -0.3 is 3.88 Å². The van der Waals surface area contributed by atoms with Crippen LogP contribution in [0.4, 0.5) is 0 Å². The van der Waals surface area contributed by atoms with Gasteiger partial charge in [-0.1, -0.05) is 103 Å². The standard InChI is InChI=1S/C12H14N.C12H14.C9H6N.Al/c1-10-6-4-7-12(11(10)2)8-5-9-13-3;1-4-5-8-12-9-6-7-10(2)11(12)3;1-2-6-9-8(4-1)5-3-7-10-9;/h4-9H,2H2,1,3H3;4-9H,1H2,2-3H3;1-5,7H;/q-1;;;+1/b9-5-,12-8-;8-5-;;. The lowest BCUT2D eigenvalue weighted by Crippen LogP contribution is -2.29. The Balaban J connectivity index is 0.000000253. The van der Waals surface area contributed by atoms with Crippen molar-refractivity contribution in [3.05, 3.63) is 137 Å². The quantitative estimate of drug-likeness (QED) is 0.260. The topological polar surface area (TPSA) is 16.1 Å². The van der Waals surface area contributed by atoms with Crippen LogP contribution in [0.5, 0.6) is 0 Å². The highest BCUT2D eigenvalue weighted by Gasteiger charge is 2.06. The molecule has 0 bridgehead atoms. The van der Waals surface area contributed by atoms with Gasteiger partial charge in [0.25, 0.3) is 0 Å². The highest BCUT2D eigenvalue weighted by Crippen LogP contribution is 2.13. The number of benzene rings is 3. The number of allylic oxidation sites excluding steroid dienone is 3. The molecule has 1 radical (unpaired) electrons. The van der Waals surface area contributed by atoms with Crippen LogP contribution in [0, 0.1) is 20.8 Å². The fourth-order valence-electron chi connectivity index (χ4n) is 3.78. The highest BCUT2D eigenvalue weighted by molar-refractivity contribution is 6.54. The molecule has 3 aromatic carbocycles. The van der Waals surface area contributed by atoms with Crippen molar-refractivity contribution >= 4 is 49.5 Å². The third kappa shape index (κ3) is 7.43. The zero-order valence-corrected chi connectivity index (χ0v) is 22.9. The van der Waals surface area contributed by atoms with Crippen molar-refractivity contribution in [1.29, 1.82) is 0 Å². The Hall–Kier alpha value is -3.64. The van der Waals surface area contributed by atoms with E-state index in [2.05, 4.69) is 135 Å². The van der Waals surface area contributed by atoms with E-state index in [0.29, 0.717) is 0 Å². The number of aromatic nitrogens is 1. The Kier molecular flexibility index (Phi) is 10.1. The van der Waals surface area contributed by atoms with E-state index in [1.807, 2.05) is 18.3 Å². The molecule has 0 aliphatic rings. The van der Waals surface area contributed by atoms with Crippen LogP contribution in [0.3, 0.4) is 0 Å². The van der Waals surface area contributed by atoms with Crippen LogP contribution >= 0.6 is 0 Å². The number of hydrogen-bond donors (Lipinski definition) is 0. The molecular formula is C33H34AlN2. The van der Waals surface area contributed by atoms with Crippen molar-refractivity contribution in [3.63, 3.8) is 0 Å². The van der Waals surface area contributed by atoms with Crippen LogP contribution in [0.1, 0.15) is 22.3 Å². The SMILES string of the molecule is C=C/C=C\c1cccc(C)c1C.C=c1c(C)ccc/c1=C/C=C\[N](C)[Al][c]1cccc2cccnc12. The third-order valence-electron chi connectivity index (χ3n) is 6.11. The molecule has 0 unspecified atom stereocenters. The zero-order chi connectivity index (χ0) is 25.9. The maximum absolute atomic E-state index is 4.54. The normalized spacial score (nSPS) is 11.5. The number of pyridine rings is 1. The van der Waals surface area contributed by atoms with Gasteiger partial charge in [-0.15, -0.1) is 0 Å².